The topological polar surface area (TPSA) is 39.9 Å². The zero-order chi connectivity index (χ0) is 20.0. The third-order valence-electron chi connectivity index (χ3n) is 3.93. The highest BCUT2D eigenvalue weighted by molar-refractivity contribution is 7.99. The highest BCUT2D eigenvalue weighted by atomic mass is 32.2. The van der Waals surface area contributed by atoms with Gasteiger partial charge < -0.3 is 4.74 Å². The van der Waals surface area contributed by atoms with Gasteiger partial charge in [0.2, 0.25) is 0 Å². The maximum absolute atomic E-state index is 12.5. The average molecular weight is 407 g/mol. The number of rotatable bonds is 8. The summed E-state index contributed by atoms with van der Waals surface area (Å²) in [4.78, 5) is 0. The number of ether oxygens (including phenoxy) is 1. The van der Waals surface area contributed by atoms with Crippen molar-refractivity contribution in [1.82, 2.24) is 14.8 Å². The Bertz CT molecular complexity index is 880. The van der Waals surface area contributed by atoms with E-state index in [4.69, 9.17) is 4.74 Å². The maximum atomic E-state index is 12.5. The van der Waals surface area contributed by atoms with Gasteiger partial charge in [-0.05, 0) is 36.8 Å². The summed E-state index contributed by atoms with van der Waals surface area (Å²) in [5.74, 6) is 1.30. The van der Waals surface area contributed by atoms with Gasteiger partial charge in [0.25, 0.3) is 0 Å². The van der Waals surface area contributed by atoms with Gasteiger partial charge in [-0.15, -0.1) is 10.2 Å². The molecule has 0 bridgehead atoms. The van der Waals surface area contributed by atoms with Crippen molar-refractivity contribution in [2.45, 2.75) is 31.1 Å². The first kappa shape index (κ1) is 20.3. The Morgan fingerprint density at radius 2 is 1.71 bits per heavy atom. The first-order valence-electron chi connectivity index (χ1n) is 8.87. The molecule has 1 aromatic heterocycles. The van der Waals surface area contributed by atoms with Gasteiger partial charge >= 0.3 is 6.18 Å². The fraction of sp³-hybridized carbons (Fsp3) is 0.300. The normalized spacial score (nSPS) is 11.6. The van der Waals surface area contributed by atoms with E-state index >= 15 is 0 Å². The lowest BCUT2D eigenvalue weighted by molar-refractivity contribution is -0.129. The number of thioether (sulfide) groups is 1. The molecule has 0 fully saturated rings. The average Bonchev–Trinajstić information content (AvgIpc) is 3.05. The lowest BCUT2D eigenvalue weighted by Crippen LogP contribution is -2.09. The number of benzene rings is 2. The Labute approximate surface area is 165 Å². The molecule has 0 spiro atoms. The molecule has 0 aliphatic heterocycles. The van der Waals surface area contributed by atoms with E-state index in [1.54, 1.807) is 0 Å². The Morgan fingerprint density at radius 3 is 2.36 bits per heavy atom. The van der Waals surface area contributed by atoms with E-state index in [-0.39, 0.29) is 5.75 Å². The van der Waals surface area contributed by atoms with Crippen molar-refractivity contribution in [1.29, 1.82) is 0 Å². The molecule has 3 rings (SSSR count). The number of halogens is 3. The van der Waals surface area contributed by atoms with Crippen LogP contribution in [0.1, 0.15) is 24.7 Å². The van der Waals surface area contributed by atoms with Crippen LogP contribution in [-0.4, -0.2) is 33.3 Å². The smallest absolute Gasteiger partial charge is 0.389 e. The Kier molecular flexibility index (Phi) is 6.61. The van der Waals surface area contributed by atoms with Gasteiger partial charge in [-0.25, -0.2) is 0 Å². The molecule has 4 nitrogen and oxygen atoms in total. The van der Waals surface area contributed by atoms with E-state index < -0.39 is 12.6 Å². The summed E-state index contributed by atoms with van der Waals surface area (Å²) in [6.07, 6.45) is -4.54. The number of hydrogen-bond acceptors (Lipinski definition) is 4. The first-order valence-corrected chi connectivity index (χ1v) is 9.86. The van der Waals surface area contributed by atoms with Gasteiger partial charge in [0, 0.05) is 17.9 Å². The number of nitrogens with zero attached hydrogens (tertiary/aromatic N) is 3. The van der Waals surface area contributed by atoms with Crippen LogP contribution in [0.3, 0.4) is 0 Å². The van der Waals surface area contributed by atoms with Crippen LogP contribution in [0.15, 0.2) is 59.8 Å². The Balaban J connectivity index is 1.89. The second-order valence-electron chi connectivity index (χ2n) is 6.04. The van der Waals surface area contributed by atoms with Crippen molar-refractivity contribution < 1.29 is 17.9 Å². The van der Waals surface area contributed by atoms with Crippen molar-refractivity contribution >= 4 is 11.8 Å². The molecule has 0 aliphatic carbocycles. The monoisotopic (exact) mass is 407 g/mol. The van der Waals surface area contributed by atoms with Crippen LogP contribution in [0.5, 0.6) is 5.75 Å². The largest absolute Gasteiger partial charge is 0.494 e. The summed E-state index contributed by atoms with van der Waals surface area (Å²) in [5, 5.41) is 8.83. The Morgan fingerprint density at radius 1 is 1.00 bits per heavy atom. The van der Waals surface area contributed by atoms with Crippen LogP contribution in [0.4, 0.5) is 13.2 Å². The molecular weight excluding hydrogens is 387 g/mol. The summed E-state index contributed by atoms with van der Waals surface area (Å²) in [5.41, 5.74) is 1.84. The zero-order valence-corrected chi connectivity index (χ0v) is 16.1. The predicted molar refractivity (Wildman–Crippen MR) is 103 cm³/mol. The van der Waals surface area contributed by atoms with Gasteiger partial charge in [-0.1, -0.05) is 42.1 Å². The highest BCUT2D eigenvalue weighted by Gasteiger charge is 2.27. The summed E-state index contributed by atoms with van der Waals surface area (Å²) in [6, 6.07) is 17.1. The third-order valence-corrected chi connectivity index (χ3v) is 4.86. The molecular formula is C20H20F3N3OS. The second kappa shape index (κ2) is 9.14. The maximum Gasteiger partial charge on any atom is 0.389 e. The van der Waals surface area contributed by atoms with E-state index in [1.807, 2.05) is 66.1 Å². The molecule has 0 radical (unpaired) electrons. The van der Waals surface area contributed by atoms with E-state index in [9.17, 15) is 13.2 Å². The fourth-order valence-electron chi connectivity index (χ4n) is 2.66. The quantitative estimate of drug-likeness (QED) is 0.475. The second-order valence-corrected chi connectivity index (χ2v) is 7.10. The van der Waals surface area contributed by atoms with Gasteiger partial charge in [-0.2, -0.15) is 13.2 Å². The van der Waals surface area contributed by atoms with Crippen molar-refractivity contribution in [2.24, 2.45) is 0 Å². The van der Waals surface area contributed by atoms with E-state index in [1.165, 1.54) is 0 Å². The van der Waals surface area contributed by atoms with Gasteiger partial charge in [-0.3, -0.25) is 4.57 Å². The molecule has 0 N–H and O–H groups in total. The van der Waals surface area contributed by atoms with Crippen molar-refractivity contribution in [3.05, 3.63) is 66.0 Å². The molecule has 0 saturated heterocycles. The van der Waals surface area contributed by atoms with Crippen molar-refractivity contribution in [3.63, 3.8) is 0 Å². The van der Waals surface area contributed by atoms with Crippen LogP contribution < -0.4 is 4.74 Å². The van der Waals surface area contributed by atoms with Crippen LogP contribution in [0.25, 0.3) is 5.69 Å². The summed E-state index contributed by atoms with van der Waals surface area (Å²) in [7, 11) is 0. The molecule has 0 aliphatic rings. The molecule has 28 heavy (non-hydrogen) atoms. The van der Waals surface area contributed by atoms with Crippen LogP contribution in [0, 0.1) is 0 Å². The lowest BCUT2D eigenvalue weighted by Gasteiger charge is -2.12. The Hall–Kier alpha value is -2.48. The zero-order valence-electron chi connectivity index (χ0n) is 15.3. The molecule has 0 amide bonds. The summed E-state index contributed by atoms with van der Waals surface area (Å²) < 4.78 is 44.8. The van der Waals surface area contributed by atoms with E-state index in [2.05, 4.69) is 10.2 Å². The lowest BCUT2D eigenvalue weighted by atomic mass is 10.1. The SMILES string of the molecule is CCOc1ccc(-n2c(Cc3ccccc3)nnc2SCCC(F)(F)F)cc1. The highest BCUT2D eigenvalue weighted by Crippen LogP contribution is 2.28. The molecule has 0 saturated carbocycles. The summed E-state index contributed by atoms with van der Waals surface area (Å²) in [6.45, 7) is 2.46. The number of hydrogen-bond donors (Lipinski definition) is 0. The van der Waals surface area contributed by atoms with Crippen LogP contribution in [0.2, 0.25) is 0 Å². The van der Waals surface area contributed by atoms with Crippen LogP contribution >= 0.6 is 11.8 Å². The predicted octanol–water partition coefficient (Wildman–Crippen LogP) is 5.30. The van der Waals surface area contributed by atoms with E-state index in [0.717, 1.165) is 28.8 Å². The molecule has 0 unspecified atom stereocenters. The minimum atomic E-state index is -4.19. The van der Waals surface area contributed by atoms with Crippen molar-refractivity contribution in [2.75, 3.05) is 12.4 Å². The van der Waals surface area contributed by atoms with Crippen molar-refractivity contribution in [3.8, 4) is 11.4 Å². The van der Waals surface area contributed by atoms with Gasteiger partial charge in [0.05, 0.1) is 13.0 Å². The minimum Gasteiger partial charge on any atom is -0.494 e. The molecule has 2 aromatic carbocycles. The standard InChI is InChI=1S/C20H20F3N3OS/c1-2-27-17-10-8-16(9-11-17)26-18(14-15-6-4-3-5-7-15)24-25-19(26)28-13-12-20(21,22)23/h3-11H,2,12-14H2,1H3. The third kappa shape index (κ3) is 5.51. The molecule has 0 atom stereocenters. The first-order chi connectivity index (χ1) is 13.5. The molecule has 3 aromatic rings. The summed E-state index contributed by atoms with van der Waals surface area (Å²) >= 11 is 1.05. The number of aromatic nitrogens is 3. The van der Waals surface area contributed by atoms with E-state index in [0.29, 0.717) is 24.0 Å². The number of alkyl halides is 3. The minimum absolute atomic E-state index is 0.107. The molecule has 8 heteroatoms. The fourth-order valence-corrected chi connectivity index (χ4v) is 3.62. The van der Waals surface area contributed by atoms with Crippen LogP contribution in [-0.2, 0) is 6.42 Å². The molecule has 1 heterocycles. The van der Waals surface area contributed by atoms with Gasteiger partial charge in [0.15, 0.2) is 5.16 Å². The molecule has 148 valence electrons. The van der Waals surface area contributed by atoms with Gasteiger partial charge in [0.1, 0.15) is 11.6 Å².